The quantitative estimate of drug-likeness (QED) is 0.705. The summed E-state index contributed by atoms with van der Waals surface area (Å²) in [5, 5.41) is 0.411. The van der Waals surface area contributed by atoms with E-state index in [9.17, 15) is 17.6 Å². The van der Waals surface area contributed by atoms with Crippen molar-refractivity contribution in [3.05, 3.63) is 64.4 Å². The summed E-state index contributed by atoms with van der Waals surface area (Å²) in [7, 11) is -3.85. The number of nitrogens with zero attached hydrogens (tertiary/aromatic N) is 1. The lowest BCUT2D eigenvalue weighted by Crippen LogP contribution is -2.40. The predicted octanol–water partition coefficient (Wildman–Crippen LogP) is 2.86. The number of hydrogen-bond donors (Lipinski definition) is 0. The molecule has 1 heterocycles. The van der Waals surface area contributed by atoms with Gasteiger partial charge in [-0.3, -0.25) is 0 Å². The zero-order valence-corrected chi connectivity index (χ0v) is 15.8. The maximum Gasteiger partial charge on any atom is 0.341 e. The van der Waals surface area contributed by atoms with Crippen molar-refractivity contribution in [2.75, 3.05) is 26.3 Å². The number of rotatable bonds is 5. The molecule has 0 N–H and O–H groups in total. The smallest absolute Gasteiger partial charge is 0.341 e. The van der Waals surface area contributed by atoms with Crippen molar-refractivity contribution in [2.45, 2.75) is 11.5 Å². The fourth-order valence-corrected chi connectivity index (χ4v) is 4.22. The lowest BCUT2D eigenvalue weighted by atomic mass is 10.2. The minimum atomic E-state index is -3.85. The molecule has 0 bridgehead atoms. The Labute approximate surface area is 161 Å². The molecule has 2 aromatic rings. The van der Waals surface area contributed by atoms with E-state index in [1.807, 2.05) is 0 Å². The molecule has 0 aromatic heterocycles. The lowest BCUT2D eigenvalue weighted by molar-refractivity contribution is 0.0467. The van der Waals surface area contributed by atoms with Gasteiger partial charge in [-0.05, 0) is 24.3 Å². The fraction of sp³-hybridized carbons (Fsp3) is 0.278. The van der Waals surface area contributed by atoms with Gasteiger partial charge >= 0.3 is 5.97 Å². The molecular formula is C18H17ClFNO5S. The third kappa shape index (κ3) is 4.47. The van der Waals surface area contributed by atoms with E-state index in [1.165, 1.54) is 4.31 Å². The van der Waals surface area contributed by atoms with E-state index in [4.69, 9.17) is 21.1 Å². The number of carbonyl (C=O) groups is 1. The van der Waals surface area contributed by atoms with Gasteiger partial charge in [0.2, 0.25) is 10.0 Å². The van der Waals surface area contributed by atoms with Gasteiger partial charge in [-0.1, -0.05) is 29.8 Å². The van der Waals surface area contributed by atoms with Crippen LogP contribution in [0.15, 0.2) is 47.4 Å². The molecule has 144 valence electrons. The molecule has 27 heavy (non-hydrogen) atoms. The Balaban J connectivity index is 1.80. The first-order valence-electron chi connectivity index (χ1n) is 8.17. The molecule has 1 aliphatic heterocycles. The van der Waals surface area contributed by atoms with Crippen LogP contribution in [0, 0.1) is 5.82 Å². The van der Waals surface area contributed by atoms with Crippen molar-refractivity contribution in [3.63, 3.8) is 0 Å². The van der Waals surface area contributed by atoms with Crippen LogP contribution in [0.4, 0.5) is 4.39 Å². The molecule has 0 amide bonds. The van der Waals surface area contributed by atoms with Gasteiger partial charge < -0.3 is 9.47 Å². The highest BCUT2D eigenvalue weighted by Crippen LogP contribution is 2.22. The molecule has 0 aliphatic carbocycles. The van der Waals surface area contributed by atoms with Crippen molar-refractivity contribution < 1.29 is 27.1 Å². The van der Waals surface area contributed by atoms with E-state index >= 15 is 0 Å². The van der Waals surface area contributed by atoms with Gasteiger partial charge in [0.05, 0.1) is 23.7 Å². The van der Waals surface area contributed by atoms with Crippen molar-refractivity contribution >= 4 is 27.6 Å². The van der Waals surface area contributed by atoms with Gasteiger partial charge in [-0.15, -0.1) is 0 Å². The summed E-state index contributed by atoms with van der Waals surface area (Å²) in [4.78, 5) is 12.1. The Kier molecular flexibility index (Phi) is 6.11. The van der Waals surface area contributed by atoms with E-state index < -0.39 is 27.4 Å². The van der Waals surface area contributed by atoms with Crippen molar-refractivity contribution in [3.8, 4) is 0 Å². The molecule has 1 aliphatic rings. The predicted molar refractivity (Wildman–Crippen MR) is 96.5 cm³/mol. The first-order valence-corrected chi connectivity index (χ1v) is 9.99. The number of esters is 1. The van der Waals surface area contributed by atoms with Gasteiger partial charge in [-0.2, -0.15) is 4.31 Å². The third-order valence-electron chi connectivity index (χ3n) is 4.08. The second-order valence-electron chi connectivity index (χ2n) is 5.83. The summed E-state index contributed by atoms with van der Waals surface area (Å²) in [6.07, 6.45) is 0. The van der Waals surface area contributed by atoms with E-state index in [0.717, 1.165) is 18.2 Å². The zero-order chi connectivity index (χ0) is 19.4. The number of morpholine rings is 1. The number of benzene rings is 2. The molecule has 0 spiro atoms. The Morgan fingerprint density at radius 3 is 2.59 bits per heavy atom. The van der Waals surface area contributed by atoms with Crippen LogP contribution in [-0.4, -0.2) is 45.0 Å². The van der Waals surface area contributed by atoms with E-state index in [1.54, 1.807) is 24.3 Å². The van der Waals surface area contributed by atoms with Crippen LogP contribution in [0.1, 0.15) is 15.9 Å². The molecule has 0 saturated carbocycles. The molecule has 1 fully saturated rings. The van der Waals surface area contributed by atoms with Crippen LogP contribution in [0.2, 0.25) is 5.02 Å². The molecule has 0 atom stereocenters. The monoisotopic (exact) mass is 413 g/mol. The Morgan fingerprint density at radius 1 is 1.19 bits per heavy atom. The molecule has 1 saturated heterocycles. The minimum Gasteiger partial charge on any atom is -0.457 e. The number of sulfonamides is 1. The summed E-state index contributed by atoms with van der Waals surface area (Å²) in [5.74, 6) is -1.83. The van der Waals surface area contributed by atoms with Crippen LogP contribution in [0.25, 0.3) is 0 Å². The fourth-order valence-electron chi connectivity index (χ4n) is 2.59. The Bertz CT molecular complexity index is 945. The van der Waals surface area contributed by atoms with Gasteiger partial charge in [0.15, 0.2) is 0 Å². The van der Waals surface area contributed by atoms with E-state index in [0.29, 0.717) is 10.6 Å². The van der Waals surface area contributed by atoms with Gasteiger partial charge in [0.25, 0.3) is 0 Å². The van der Waals surface area contributed by atoms with Crippen LogP contribution >= 0.6 is 11.6 Å². The molecule has 9 heteroatoms. The van der Waals surface area contributed by atoms with Crippen LogP contribution < -0.4 is 0 Å². The average molecular weight is 414 g/mol. The highest BCUT2D eigenvalue weighted by molar-refractivity contribution is 7.89. The SMILES string of the molecule is O=C(OCc1ccccc1Cl)c1cc(S(=O)(=O)N2CCOCC2)ccc1F. The van der Waals surface area contributed by atoms with Crippen LogP contribution in [0.5, 0.6) is 0 Å². The van der Waals surface area contributed by atoms with Crippen LogP contribution in [-0.2, 0) is 26.1 Å². The normalized spacial score (nSPS) is 15.5. The molecule has 2 aromatic carbocycles. The first-order chi connectivity index (χ1) is 12.9. The van der Waals surface area contributed by atoms with Crippen molar-refractivity contribution in [1.82, 2.24) is 4.31 Å². The van der Waals surface area contributed by atoms with E-state index in [2.05, 4.69) is 0 Å². The van der Waals surface area contributed by atoms with Crippen LogP contribution in [0.3, 0.4) is 0 Å². The number of ether oxygens (including phenoxy) is 2. The number of hydrogen-bond acceptors (Lipinski definition) is 5. The maximum atomic E-state index is 14.1. The topological polar surface area (TPSA) is 72.9 Å². The Morgan fingerprint density at radius 2 is 1.89 bits per heavy atom. The van der Waals surface area contributed by atoms with Crippen molar-refractivity contribution in [2.24, 2.45) is 0 Å². The largest absolute Gasteiger partial charge is 0.457 e. The molecular weight excluding hydrogens is 397 g/mol. The first kappa shape index (κ1) is 19.8. The standard InChI is InChI=1S/C18H17ClFNO5S/c19-16-4-2-1-3-13(16)12-26-18(22)15-11-14(5-6-17(15)20)27(23,24)21-7-9-25-10-8-21/h1-6,11H,7-10,12H2. The lowest BCUT2D eigenvalue weighted by Gasteiger charge is -2.26. The summed E-state index contributed by atoms with van der Waals surface area (Å²) >= 11 is 6.00. The number of carbonyl (C=O) groups excluding carboxylic acids is 1. The highest BCUT2D eigenvalue weighted by atomic mass is 35.5. The maximum absolute atomic E-state index is 14.1. The summed E-state index contributed by atoms with van der Waals surface area (Å²) in [6.45, 7) is 0.816. The van der Waals surface area contributed by atoms with Gasteiger partial charge in [0, 0.05) is 23.7 Å². The second-order valence-corrected chi connectivity index (χ2v) is 8.17. The van der Waals surface area contributed by atoms with Gasteiger partial charge in [-0.25, -0.2) is 17.6 Å². The summed E-state index contributed by atoms with van der Waals surface area (Å²) in [6, 6.07) is 9.84. The molecule has 0 unspecified atom stereocenters. The summed E-state index contributed by atoms with van der Waals surface area (Å²) in [5.41, 5.74) is 0.112. The van der Waals surface area contributed by atoms with Crippen molar-refractivity contribution in [1.29, 1.82) is 0 Å². The molecule has 6 nitrogen and oxygen atoms in total. The number of halogens is 2. The highest BCUT2D eigenvalue weighted by Gasteiger charge is 2.28. The zero-order valence-electron chi connectivity index (χ0n) is 14.2. The minimum absolute atomic E-state index is 0.154. The third-order valence-corrected chi connectivity index (χ3v) is 6.35. The van der Waals surface area contributed by atoms with Gasteiger partial charge in [0.1, 0.15) is 12.4 Å². The van der Waals surface area contributed by atoms with E-state index in [-0.39, 0.29) is 37.8 Å². The Hall–Kier alpha value is -2.00. The molecule has 0 radical (unpaired) electrons. The summed E-state index contributed by atoms with van der Waals surface area (Å²) < 4.78 is 50.9. The molecule has 3 rings (SSSR count). The second kappa shape index (κ2) is 8.35. The average Bonchev–Trinajstić information content (AvgIpc) is 2.68.